The zero-order valence-electron chi connectivity index (χ0n) is 11.3. The summed E-state index contributed by atoms with van der Waals surface area (Å²) in [5, 5.41) is 4.20. The third-order valence-electron chi connectivity index (χ3n) is 3.54. The van der Waals surface area contributed by atoms with E-state index >= 15 is 0 Å². The van der Waals surface area contributed by atoms with Crippen molar-refractivity contribution >= 4 is 35.0 Å². The summed E-state index contributed by atoms with van der Waals surface area (Å²) in [6, 6.07) is 4.89. The number of rotatable bonds is 4. The molecule has 0 aliphatic carbocycles. The van der Waals surface area contributed by atoms with Crippen molar-refractivity contribution in [1.29, 1.82) is 0 Å². The van der Waals surface area contributed by atoms with E-state index in [-0.39, 0.29) is 24.3 Å². The first-order valence-electron chi connectivity index (χ1n) is 6.45. The molecule has 4 nitrogen and oxygen atoms in total. The van der Waals surface area contributed by atoms with Gasteiger partial charge in [0.1, 0.15) is 0 Å². The zero-order valence-corrected chi connectivity index (χ0v) is 12.8. The number of amides is 2. The lowest BCUT2D eigenvalue weighted by molar-refractivity contribution is -0.137. The van der Waals surface area contributed by atoms with Gasteiger partial charge in [0, 0.05) is 13.1 Å². The summed E-state index contributed by atoms with van der Waals surface area (Å²) in [4.78, 5) is 24.6. The van der Waals surface area contributed by atoms with Crippen molar-refractivity contribution in [2.75, 3.05) is 7.05 Å². The second kappa shape index (κ2) is 6.12. The van der Waals surface area contributed by atoms with Gasteiger partial charge in [-0.1, -0.05) is 36.2 Å². The van der Waals surface area contributed by atoms with Gasteiger partial charge in [0.2, 0.25) is 11.8 Å². The lowest BCUT2D eigenvalue weighted by atomic mass is 10.0. The first-order valence-corrected chi connectivity index (χ1v) is 7.21. The number of likely N-dealkylation sites (tertiary alicyclic amines) is 1. The molecule has 1 heterocycles. The van der Waals surface area contributed by atoms with Gasteiger partial charge in [-0.15, -0.1) is 0 Å². The highest BCUT2D eigenvalue weighted by atomic mass is 35.5. The highest BCUT2D eigenvalue weighted by Gasteiger charge is 2.36. The predicted octanol–water partition coefficient (Wildman–Crippen LogP) is 2.79. The van der Waals surface area contributed by atoms with Gasteiger partial charge in [-0.25, -0.2) is 0 Å². The highest BCUT2D eigenvalue weighted by molar-refractivity contribution is 6.42. The quantitative estimate of drug-likeness (QED) is 0.869. The Hall–Kier alpha value is -1.10. The molecule has 2 amide bonds. The van der Waals surface area contributed by atoms with Crippen LogP contribution < -0.4 is 5.32 Å². The minimum atomic E-state index is -0.466. The SMILES string of the molecule is CCC(NC1CC(=O)N(C)C1=O)c1ccc(Cl)c(Cl)c1. The van der Waals surface area contributed by atoms with Gasteiger partial charge in [0.15, 0.2) is 0 Å². The number of nitrogens with zero attached hydrogens (tertiary/aromatic N) is 1. The number of hydrogen-bond donors (Lipinski definition) is 1. The van der Waals surface area contributed by atoms with Crippen LogP contribution in [0.4, 0.5) is 0 Å². The molecule has 2 rings (SSSR count). The summed E-state index contributed by atoms with van der Waals surface area (Å²) in [7, 11) is 1.51. The molecule has 1 aromatic carbocycles. The Bertz CT molecular complexity index is 548. The molecule has 0 spiro atoms. The molecule has 6 heteroatoms. The molecule has 1 N–H and O–H groups in total. The molecular formula is C14H16Cl2N2O2. The number of hydrogen-bond acceptors (Lipinski definition) is 3. The number of carbonyl (C=O) groups excluding carboxylic acids is 2. The molecule has 0 bridgehead atoms. The van der Waals surface area contributed by atoms with E-state index in [2.05, 4.69) is 5.32 Å². The van der Waals surface area contributed by atoms with Gasteiger partial charge in [-0.2, -0.15) is 0 Å². The van der Waals surface area contributed by atoms with Gasteiger partial charge in [0.25, 0.3) is 0 Å². The van der Waals surface area contributed by atoms with E-state index in [0.29, 0.717) is 10.0 Å². The van der Waals surface area contributed by atoms with E-state index in [1.165, 1.54) is 11.9 Å². The number of likely N-dealkylation sites (N-methyl/N-ethyl adjacent to an activating group) is 1. The van der Waals surface area contributed by atoms with E-state index in [9.17, 15) is 9.59 Å². The van der Waals surface area contributed by atoms with Crippen molar-refractivity contribution in [3.63, 3.8) is 0 Å². The fraction of sp³-hybridized carbons (Fsp3) is 0.429. The van der Waals surface area contributed by atoms with Crippen LogP contribution >= 0.6 is 23.2 Å². The molecule has 2 atom stereocenters. The molecule has 108 valence electrons. The molecular weight excluding hydrogens is 299 g/mol. The third kappa shape index (κ3) is 2.97. The van der Waals surface area contributed by atoms with Crippen LogP contribution in [0.2, 0.25) is 10.0 Å². The number of benzene rings is 1. The summed E-state index contributed by atoms with van der Waals surface area (Å²) >= 11 is 11.9. The first-order chi connectivity index (χ1) is 9.43. The minimum Gasteiger partial charge on any atom is -0.299 e. The molecule has 1 fully saturated rings. The Morgan fingerprint density at radius 3 is 2.55 bits per heavy atom. The van der Waals surface area contributed by atoms with Crippen molar-refractivity contribution in [2.24, 2.45) is 0 Å². The number of carbonyl (C=O) groups is 2. The minimum absolute atomic E-state index is 0.0435. The summed E-state index contributed by atoms with van der Waals surface area (Å²) < 4.78 is 0. The van der Waals surface area contributed by atoms with Crippen LogP contribution in [0.3, 0.4) is 0 Å². The molecule has 0 aromatic heterocycles. The van der Waals surface area contributed by atoms with Crippen LogP contribution in [-0.2, 0) is 9.59 Å². The Labute approximate surface area is 128 Å². The van der Waals surface area contributed by atoms with E-state index in [0.717, 1.165) is 12.0 Å². The highest BCUT2D eigenvalue weighted by Crippen LogP contribution is 2.28. The molecule has 0 saturated carbocycles. The Morgan fingerprint density at radius 2 is 2.05 bits per heavy atom. The van der Waals surface area contributed by atoms with E-state index < -0.39 is 6.04 Å². The van der Waals surface area contributed by atoms with Gasteiger partial charge >= 0.3 is 0 Å². The van der Waals surface area contributed by atoms with Crippen LogP contribution in [0.1, 0.15) is 31.4 Å². The molecule has 1 aliphatic heterocycles. The van der Waals surface area contributed by atoms with E-state index in [1.54, 1.807) is 12.1 Å². The van der Waals surface area contributed by atoms with Crippen LogP contribution in [0.5, 0.6) is 0 Å². The van der Waals surface area contributed by atoms with Gasteiger partial charge in [0.05, 0.1) is 22.5 Å². The summed E-state index contributed by atoms with van der Waals surface area (Å²) in [5.74, 6) is -0.343. The second-order valence-corrected chi connectivity index (χ2v) is 5.66. The lowest BCUT2D eigenvalue weighted by Gasteiger charge is -2.21. The fourth-order valence-corrected chi connectivity index (χ4v) is 2.61. The van der Waals surface area contributed by atoms with Gasteiger partial charge in [-0.05, 0) is 24.1 Å². The Morgan fingerprint density at radius 1 is 1.35 bits per heavy atom. The first kappa shape index (κ1) is 15.3. The molecule has 1 aliphatic rings. The van der Waals surface area contributed by atoms with E-state index in [1.807, 2.05) is 13.0 Å². The molecule has 1 saturated heterocycles. The average molecular weight is 315 g/mol. The summed E-state index contributed by atoms with van der Waals surface area (Å²) in [6.45, 7) is 2.01. The van der Waals surface area contributed by atoms with Gasteiger partial charge < -0.3 is 0 Å². The zero-order chi connectivity index (χ0) is 14.9. The monoisotopic (exact) mass is 314 g/mol. The largest absolute Gasteiger partial charge is 0.299 e. The number of nitrogens with one attached hydrogen (secondary N) is 1. The molecule has 20 heavy (non-hydrogen) atoms. The van der Waals surface area contributed by atoms with Crippen LogP contribution in [0.15, 0.2) is 18.2 Å². The maximum absolute atomic E-state index is 11.9. The maximum Gasteiger partial charge on any atom is 0.246 e. The standard InChI is InChI=1S/C14H16Cl2N2O2/c1-3-11(8-4-5-9(15)10(16)6-8)17-12-7-13(19)18(2)14(12)20/h4-6,11-12,17H,3,7H2,1-2H3. The fourth-order valence-electron chi connectivity index (χ4n) is 2.31. The second-order valence-electron chi connectivity index (χ2n) is 4.85. The normalized spacial score (nSPS) is 20.6. The maximum atomic E-state index is 11.9. The Balaban J connectivity index is 2.15. The van der Waals surface area contributed by atoms with Crippen LogP contribution in [0, 0.1) is 0 Å². The number of imide groups is 1. The molecule has 2 unspecified atom stereocenters. The topological polar surface area (TPSA) is 49.4 Å². The lowest BCUT2D eigenvalue weighted by Crippen LogP contribution is -2.39. The number of halogens is 2. The van der Waals surface area contributed by atoms with Crippen LogP contribution in [-0.4, -0.2) is 29.8 Å². The Kier molecular flexibility index (Phi) is 4.68. The van der Waals surface area contributed by atoms with Crippen molar-refractivity contribution < 1.29 is 9.59 Å². The smallest absolute Gasteiger partial charge is 0.246 e. The molecule has 1 aromatic rings. The van der Waals surface area contributed by atoms with Crippen molar-refractivity contribution in [2.45, 2.75) is 31.8 Å². The van der Waals surface area contributed by atoms with Crippen molar-refractivity contribution in [3.8, 4) is 0 Å². The predicted molar refractivity (Wildman–Crippen MR) is 78.8 cm³/mol. The van der Waals surface area contributed by atoms with Crippen LogP contribution in [0.25, 0.3) is 0 Å². The average Bonchev–Trinajstić information content (AvgIpc) is 2.67. The van der Waals surface area contributed by atoms with Gasteiger partial charge in [-0.3, -0.25) is 19.8 Å². The van der Waals surface area contributed by atoms with Crippen molar-refractivity contribution in [3.05, 3.63) is 33.8 Å². The molecule has 0 radical (unpaired) electrons. The third-order valence-corrected chi connectivity index (χ3v) is 4.28. The van der Waals surface area contributed by atoms with E-state index in [4.69, 9.17) is 23.2 Å². The summed E-state index contributed by atoms with van der Waals surface area (Å²) in [6.07, 6.45) is 0.979. The van der Waals surface area contributed by atoms with Crippen molar-refractivity contribution in [1.82, 2.24) is 10.2 Å². The summed E-state index contributed by atoms with van der Waals surface area (Å²) in [5.41, 5.74) is 0.955.